The van der Waals surface area contributed by atoms with Crippen molar-refractivity contribution in [2.75, 3.05) is 39.8 Å². The number of hydrogen-bond acceptors (Lipinski definition) is 3. The fourth-order valence-corrected chi connectivity index (χ4v) is 1.55. The molecule has 1 fully saturated rings. The van der Waals surface area contributed by atoms with Crippen molar-refractivity contribution in [3.63, 3.8) is 0 Å². The van der Waals surface area contributed by atoms with Crippen molar-refractivity contribution >= 4 is 6.09 Å². The Morgan fingerprint density at radius 2 is 2.53 bits per heavy atom. The Balaban J connectivity index is 2.36. The molecular weight excluding hydrogens is 196 g/mol. The molecule has 1 heterocycles. The van der Waals surface area contributed by atoms with Crippen molar-refractivity contribution in [1.82, 2.24) is 9.80 Å². The Labute approximate surface area is 89.6 Å². The summed E-state index contributed by atoms with van der Waals surface area (Å²) in [5, 5.41) is 8.71. The maximum Gasteiger partial charge on any atom is 0.407 e. The Morgan fingerprint density at radius 3 is 3.13 bits per heavy atom. The van der Waals surface area contributed by atoms with Crippen molar-refractivity contribution in [2.24, 2.45) is 0 Å². The lowest BCUT2D eigenvalue weighted by Gasteiger charge is -2.33. The van der Waals surface area contributed by atoms with Gasteiger partial charge >= 0.3 is 6.09 Å². The number of carbonyl (C=O) groups is 1. The minimum absolute atomic E-state index is 0.0757. The molecule has 5 heteroatoms. The highest BCUT2D eigenvalue weighted by molar-refractivity contribution is 5.64. The van der Waals surface area contributed by atoms with Crippen molar-refractivity contribution < 1.29 is 14.6 Å². The fourth-order valence-electron chi connectivity index (χ4n) is 1.55. The van der Waals surface area contributed by atoms with E-state index in [9.17, 15) is 4.79 Å². The maximum atomic E-state index is 10.6. The van der Waals surface area contributed by atoms with E-state index in [0.29, 0.717) is 26.2 Å². The van der Waals surface area contributed by atoms with E-state index in [4.69, 9.17) is 16.3 Å². The van der Waals surface area contributed by atoms with Crippen molar-refractivity contribution in [3.05, 3.63) is 0 Å². The number of terminal acetylenes is 1. The van der Waals surface area contributed by atoms with Crippen molar-refractivity contribution in [1.29, 1.82) is 0 Å². The van der Waals surface area contributed by atoms with E-state index in [1.54, 1.807) is 0 Å². The highest BCUT2D eigenvalue weighted by atomic mass is 16.5. The molecule has 0 radical (unpaired) electrons. The average Bonchev–Trinajstić information content (AvgIpc) is 2.18. The number of ether oxygens (including phenoxy) is 1. The smallest absolute Gasteiger partial charge is 0.407 e. The molecule has 84 valence electrons. The van der Waals surface area contributed by atoms with Crippen LogP contribution in [-0.2, 0) is 4.74 Å². The number of carboxylic acid groups (broad SMARTS) is 1. The zero-order chi connectivity index (χ0) is 11.3. The quantitative estimate of drug-likeness (QED) is 0.665. The molecule has 0 aliphatic carbocycles. The molecule has 1 saturated heterocycles. The van der Waals surface area contributed by atoms with Crippen LogP contribution in [-0.4, -0.2) is 66.9 Å². The van der Waals surface area contributed by atoms with Crippen LogP contribution in [0.5, 0.6) is 0 Å². The topological polar surface area (TPSA) is 53.0 Å². The predicted molar refractivity (Wildman–Crippen MR) is 55.7 cm³/mol. The second-order valence-electron chi connectivity index (χ2n) is 3.60. The van der Waals surface area contributed by atoms with Gasteiger partial charge in [0.1, 0.15) is 0 Å². The summed E-state index contributed by atoms with van der Waals surface area (Å²) < 4.78 is 5.46. The van der Waals surface area contributed by atoms with Crippen molar-refractivity contribution in [3.8, 4) is 12.3 Å². The van der Waals surface area contributed by atoms with Gasteiger partial charge in [-0.2, -0.15) is 0 Å². The van der Waals surface area contributed by atoms with Gasteiger partial charge in [-0.1, -0.05) is 5.92 Å². The third kappa shape index (κ3) is 3.78. The Morgan fingerprint density at radius 1 is 1.80 bits per heavy atom. The van der Waals surface area contributed by atoms with E-state index in [1.807, 2.05) is 0 Å². The molecule has 15 heavy (non-hydrogen) atoms. The largest absolute Gasteiger partial charge is 0.465 e. The van der Waals surface area contributed by atoms with E-state index >= 15 is 0 Å². The number of likely N-dealkylation sites (N-methyl/N-ethyl adjacent to an activating group) is 1. The highest BCUT2D eigenvalue weighted by Gasteiger charge is 2.22. The Kier molecular flexibility index (Phi) is 4.40. The number of hydrogen-bond donors (Lipinski definition) is 1. The molecule has 5 nitrogen and oxygen atoms in total. The number of nitrogens with zero attached hydrogens (tertiary/aromatic N) is 2. The lowest BCUT2D eigenvalue weighted by Crippen LogP contribution is -2.47. The molecule has 0 spiro atoms. The zero-order valence-electron chi connectivity index (χ0n) is 8.85. The van der Waals surface area contributed by atoms with Gasteiger partial charge in [-0.3, -0.25) is 4.90 Å². The molecule has 1 amide bonds. The summed E-state index contributed by atoms with van der Waals surface area (Å²) in [5.41, 5.74) is 0. The second kappa shape index (κ2) is 5.59. The minimum atomic E-state index is -0.937. The van der Waals surface area contributed by atoms with Crippen LogP contribution in [0.15, 0.2) is 0 Å². The first kappa shape index (κ1) is 11.8. The molecule has 1 N–H and O–H groups in total. The van der Waals surface area contributed by atoms with E-state index in [0.717, 1.165) is 6.54 Å². The number of amides is 1. The molecule has 1 aliphatic rings. The molecule has 0 aromatic heterocycles. The van der Waals surface area contributed by atoms with Crippen LogP contribution in [0.25, 0.3) is 0 Å². The molecule has 0 bridgehead atoms. The summed E-state index contributed by atoms with van der Waals surface area (Å²) in [6, 6.07) is 0. The third-order valence-electron chi connectivity index (χ3n) is 2.34. The first-order valence-corrected chi connectivity index (χ1v) is 4.85. The Hall–Kier alpha value is -1.25. The molecule has 1 aliphatic heterocycles. The first-order chi connectivity index (χ1) is 7.13. The van der Waals surface area contributed by atoms with Gasteiger partial charge in [0, 0.05) is 20.1 Å². The van der Waals surface area contributed by atoms with Gasteiger partial charge in [-0.05, 0) is 0 Å². The van der Waals surface area contributed by atoms with E-state index in [1.165, 1.54) is 11.9 Å². The normalized spacial score (nSPS) is 22.0. The predicted octanol–water partition coefficient (Wildman–Crippen LogP) is -0.0698. The molecule has 0 unspecified atom stereocenters. The number of morpholine rings is 1. The van der Waals surface area contributed by atoms with E-state index in [-0.39, 0.29) is 6.10 Å². The Bertz CT molecular complexity index is 262. The van der Waals surface area contributed by atoms with Crippen LogP contribution in [0, 0.1) is 12.3 Å². The van der Waals surface area contributed by atoms with Crippen LogP contribution in [0.1, 0.15) is 0 Å². The van der Waals surface area contributed by atoms with E-state index < -0.39 is 6.09 Å². The molecule has 0 aromatic carbocycles. The van der Waals surface area contributed by atoms with Gasteiger partial charge < -0.3 is 14.7 Å². The summed E-state index contributed by atoms with van der Waals surface area (Å²) in [5.74, 6) is 2.57. The van der Waals surface area contributed by atoms with Gasteiger partial charge in [0.05, 0.1) is 25.8 Å². The number of rotatable bonds is 3. The molecule has 0 aromatic rings. The SMILES string of the molecule is C#CCN1CCO[C@@H](CN(C)C(=O)O)C1. The second-order valence-corrected chi connectivity index (χ2v) is 3.60. The standard InChI is InChI=1S/C10H16N2O3/c1-3-4-12-5-6-15-9(8-12)7-11(2)10(13)14/h1,9H,4-8H2,2H3,(H,13,14)/t9-/m0/s1. The van der Waals surface area contributed by atoms with Gasteiger partial charge in [-0.15, -0.1) is 6.42 Å². The van der Waals surface area contributed by atoms with E-state index in [2.05, 4.69) is 10.8 Å². The summed E-state index contributed by atoms with van der Waals surface area (Å²) in [6.07, 6.45) is 4.20. The van der Waals surface area contributed by atoms with Crippen LogP contribution in [0.2, 0.25) is 0 Å². The van der Waals surface area contributed by atoms with Gasteiger partial charge in [0.15, 0.2) is 0 Å². The van der Waals surface area contributed by atoms with Gasteiger partial charge in [-0.25, -0.2) is 4.79 Å². The first-order valence-electron chi connectivity index (χ1n) is 4.85. The lowest BCUT2D eigenvalue weighted by atomic mass is 10.2. The molecule has 0 saturated carbocycles. The summed E-state index contributed by atoms with van der Waals surface area (Å²) in [6.45, 7) is 3.10. The third-order valence-corrected chi connectivity index (χ3v) is 2.34. The van der Waals surface area contributed by atoms with Crippen LogP contribution >= 0.6 is 0 Å². The maximum absolute atomic E-state index is 10.6. The average molecular weight is 212 g/mol. The lowest BCUT2D eigenvalue weighted by molar-refractivity contribution is -0.0343. The molecular formula is C10H16N2O3. The van der Waals surface area contributed by atoms with Crippen LogP contribution in [0.3, 0.4) is 0 Å². The zero-order valence-corrected chi connectivity index (χ0v) is 8.85. The van der Waals surface area contributed by atoms with Crippen molar-refractivity contribution in [2.45, 2.75) is 6.10 Å². The van der Waals surface area contributed by atoms with Crippen LogP contribution < -0.4 is 0 Å². The minimum Gasteiger partial charge on any atom is -0.465 e. The molecule has 1 rings (SSSR count). The highest BCUT2D eigenvalue weighted by Crippen LogP contribution is 2.05. The summed E-state index contributed by atoms with van der Waals surface area (Å²) in [7, 11) is 1.53. The van der Waals surface area contributed by atoms with Crippen LogP contribution in [0.4, 0.5) is 4.79 Å². The van der Waals surface area contributed by atoms with Gasteiger partial charge in [0.2, 0.25) is 0 Å². The monoisotopic (exact) mass is 212 g/mol. The van der Waals surface area contributed by atoms with Gasteiger partial charge in [0.25, 0.3) is 0 Å². The fraction of sp³-hybridized carbons (Fsp3) is 0.700. The summed E-state index contributed by atoms with van der Waals surface area (Å²) >= 11 is 0. The molecule has 1 atom stereocenters. The summed E-state index contributed by atoms with van der Waals surface area (Å²) in [4.78, 5) is 13.9.